The van der Waals surface area contributed by atoms with Crippen LogP contribution in [0.4, 0.5) is 0 Å². The molecule has 4 unspecified atom stereocenters. The van der Waals surface area contributed by atoms with E-state index in [4.69, 9.17) is 16.3 Å². The zero-order valence-electron chi connectivity index (χ0n) is 18.7. The van der Waals surface area contributed by atoms with Gasteiger partial charge in [0.15, 0.2) is 5.96 Å². The third-order valence-electron chi connectivity index (χ3n) is 6.91. The Labute approximate surface area is 209 Å². The van der Waals surface area contributed by atoms with Crippen LogP contribution < -0.4 is 10.6 Å². The Morgan fingerprint density at radius 1 is 1.19 bits per heavy atom. The number of likely N-dealkylation sites (tertiary alicyclic amines) is 1. The molecule has 3 aliphatic rings. The number of benzene rings is 1. The van der Waals surface area contributed by atoms with Crippen LogP contribution in [0.15, 0.2) is 29.3 Å². The Hall–Kier alpha value is -0.610. The highest BCUT2D eigenvalue weighted by atomic mass is 127. The number of guanidine groups is 1. The second kappa shape index (κ2) is 12.0. The van der Waals surface area contributed by atoms with Gasteiger partial charge < -0.3 is 15.4 Å². The fourth-order valence-electron chi connectivity index (χ4n) is 5.36. The number of nitrogens with one attached hydrogen (secondary N) is 2. The SMILES string of the molecule is CN=C(NCC1CN2CCCC2CO1)NCC1CCCN(C)C1c1cccc(Cl)c1.I. The summed E-state index contributed by atoms with van der Waals surface area (Å²) < 4.78 is 6.08. The molecular formula is C23H37ClIN5O. The fourth-order valence-corrected chi connectivity index (χ4v) is 5.56. The first kappa shape index (κ1) is 25.0. The first-order valence-corrected chi connectivity index (χ1v) is 11.8. The van der Waals surface area contributed by atoms with E-state index in [1.54, 1.807) is 0 Å². The van der Waals surface area contributed by atoms with E-state index in [0.717, 1.165) is 43.8 Å². The number of piperidine rings is 1. The van der Waals surface area contributed by atoms with E-state index in [1.807, 2.05) is 13.1 Å². The van der Waals surface area contributed by atoms with Crippen molar-refractivity contribution in [3.8, 4) is 0 Å². The van der Waals surface area contributed by atoms with Crippen molar-refractivity contribution in [1.29, 1.82) is 0 Å². The number of rotatable bonds is 5. The quantitative estimate of drug-likeness (QED) is 0.328. The molecule has 3 heterocycles. The molecule has 0 radical (unpaired) electrons. The van der Waals surface area contributed by atoms with Crippen molar-refractivity contribution in [3.05, 3.63) is 34.9 Å². The molecule has 31 heavy (non-hydrogen) atoms. The van der Waals surface area contributed by atoms with Gasteiger partial charge in [-0.15, -0.1) is 24.0 Å². The monoisotopic (exact) mass is 561 g/mol. The topological polar surface area (TPSA) is 52.1 Å². The van der Waals surface area contributed by atoms with E-state index < -0.39 is 0 Å². The Balaban J connectivity index is 0.00000272. The lowest BCUT2D eigenvalue weighted by Crippen LogP contribution is -2.52. The van der Waals surface area contributed by atoms with Gasteiger partial charge in [-0.2, -0.15) is 0 Å². The number of hydrogen-bond donors (Lipinski definition) is 2. The maximum atomic E-state index is 6.28. The zero-order chi connectivity index (χ0) is 20.9. The van der Waals surface area contributed by atoms with Crippen LogP contribution in [0, 0.1) is 5.92 Å². The molecule has 0 saturated carbocycles. The number of morpholine rings is 1. The number of hydrogen-bond acceptors (Lipinski definition) is 4. The van der Waals surface area contributed by atoms with E-state index >= 15 is 0 Å². The van der Waals surface area contributed by atoms with Gasteiger partial charge in [0, 0.05) is 43.8 Å². The Morgan fingerprint density at radius 2 is 2.00 bits per heavy atom. The molecule has 8 heteroatoms. The molecule has 3 fully saturated rings. The molecule has 3 saturated heterocycles. The molecule has 0 spiro atoms. The van der Waals surface area contributed by atoms with E-state index in [0.29, 0.717) is 18.0 Å². The minimum Gasteiger partial charge on any atom is -0.373 e. The second-order valence-corrected chi connectivity index (χ2v) is 9.40. The zero-order valence-corrected chi connectivity index (χ0v) is 21.8. The fraction of sp³-hybridized carbons (Fsp3) is 0.696. The highest BCUT2D eigenvalue weighted by Crippen LogP contribution is 2.35. The summed E-state index contributed by atoms with van der Waals surface area (Å²) in [6, 6.07) is 9.33. The maximum absolute atomic E-state index is 6.28. The van der Waals surface area contributed by atoms with E-state index in [-0.39, 0.29) is 30.1 Å². The summed E-state index contributed by atoms with van der Waals surface area (Å²) in [5, 5.41) is 7.86. The summed E-state index contributed by atoms with van der Waals surface area (Å²) in [4.78, 5) is 9.49. The largest absolute Gasteiger partial charge is 0.373 e. The van der Waals surface area contributed by atoms with Crippen LogP contribution >= 0.6 is 35.6 Å². The minimum atomic E-state index is 0. The van der Waals surface area contributed by atoms with Gasteiger partial charge in [0.05, 0.1) is 12.7 Å². The third-order valence-corrected chi connectivity index (χ3v) is 7.15. The van der Waals surface area contributed by atoms with Gasteiger partial charge in [0.2, 0.25) is 0 Å². The average molecular weight is 562 g/mol. The summed E-state index contributed by atoms with van der Waals surface area (Å²) in [5.41, 5.74) is 1.30. The molecule has 174 valence electrons. The lowest BCUT2D eigenvalue weighted by Gasteiger charge is -2.40. The van der Waals surface area contributed by atoms with Gasteiger partial charge in [-0.05, 0) is 69.4 Å². The smallest absolute Gasteiger partial charge is 0.191 e. The summed E-state index contributed by atoms with van der Waals surface area (Å²) in [6.07, 6.45) is 5.25. The molecule has 4 rings (SSSR count). The van der Waals surface area contributed by atoms with Crippen molar-refractivity contribution in [2.45, 2.75) is 43.9 Å². The summed E-state index contributed by atoms with van der Waals surface area (Å²) in [5.74, 6) is 1.37. The van der Waals surface area contributed by atoms with Crippen LogP contribution in [0.1, 0.15) is 37.3 Å². The third kappa shape index (κ3) is 6.47. The first-order valence-electron chi connectivity index (χ1n) is 11.4. The van der Waals surface area contributed by atoms with Gasteiger partial charge in [-0.3, -0.25) is 14.8 Å². The lowest BCUT2D eigenvalue weighted by atomic mass is 9.85. The Morgan fingerprint density at radius 3 is 2.81 bits per heavy atom. The number of aliphatic imine (C=N–C) groups is 1. The summed E-state index contributed by atoms with van der Waals surface area (Å²) >= 11 is 6.28. The van der Waals surface area contributed by atoms with Crippen molar-refractivity contribution < 1.29 is 4.74 Å². The molecule has 0 aliphatic carbocycles. The molecule has 4 atom stereocenters. The van der Waals surface area contributed by atoms with Crippen LogP contribution in [0.3, 0.4) is 0 Å². The van der Waals surface area contributed by atoms with Crippen molar-refractivity contribution in [1.82, 2.24) is 20.4 Å². The van der Waals surface area contributed by atoms with E-state index in [1.165, 1.54) is 37.8 Å². The van der Waals surface area contributed by atoms with Crippen LogP contribution in [0.25, 0.3) is 0 Å². The minimum absolute atomic E-state index is 0. The molecule has 1 aromatic rings. The van der Waals surface area contributed by atoms with Gasteiger partial charge in [-0.25, -0.2) is 0 Å². The van der Waals surface area contributed by atoms with Gasteiger partial charge in [-0.1, -0.05) is 23.7 Å². The lowest BCUT2D eigenvalue weighted by molar-refractivity contribution is -0.0453. The molecule has 0 amide bonds. The standard InChI is InChI=1S/C23H36ClN5O.HI/c1-25-23(27-14-21-15-29-11-5-9-20(29)16-30-21)26-13-18-7-4-10-28(2)22(18)17-6-3-8-19(24)12-17;/h3,6,8,12,18,20-22H,4-5,7,9-11,13-16H2,1-2H3,(H2,25,26,27);1H. The molecule has 3 aliphatic heterocycles. The highest BCUT2D eigenvalue weighted by Gasteiger charge is 2.33. The van der Waals surface area contributed by atoms with Crippen LogP contribution in [0.2, 0.25) is 5.02 Å². The number of nitrogens with zero attached hydrogens (tertiary/aromatic N) is 3. The molecule has 1 aromatic carbocycles. The first-order chi connectivity index (χ1) is 14.6. The summed E-state index contributed by atoms with van der Waals surface area (Å²) in [7, 11) is 4.06. The summed E-state index contributed by atoms with van der Waals surface area (Å²) in [6.45, 7) is 5.92. The molecular weight excluding hydrogens is 525 g/mol. The van der Waals surface area contributed by atoms with Gasteiger partial charge in [0.25, 0.3) is 0 Å². The predicted octanol–water partition coefficient (Wildman–Crippen LogP) is 3.37. The van der Waals surface area contributed by atoms with E-state index in [9.17, 15) is 0 Å². The van der Waals surface area contributed by atoms with Crippen molar-refractivity contribution >= 4 is 41.5 Å². The van der Waals surface area contributed by atoms with Crippen LogP contribution in [-0.2, 0) is 4.74 Å². The normalized spacial score (nSPS) is 29.8. The number of ether oxygens (including phenoxy) is 1. The highest BCUT2D eigenvalue weighted by molar-refractivity contribution is 14.0. The average Bonchev–Trinajstić information content (AvgIpc) is 3.22. The van der Waals surface area contributed by atoms with Crippen molar-refractivity contribution in [3.63, 3.8) is 0 Å². The Bertz CT molecular complexity index is 736. The van der Waals surface area contributed by atoms with Crippen LogP contribution in [-0.4, -0.2) is 81.3 Å². The molecule has 6 nitrogen and oxygen atoms in total. The van der Waals surface area contributed by atoms with Gasteiger partial charge >= 0.3 is 0 Å². The number of fused-ring (bicyclic) bond motifs is 1. The van der Waals surface area contributed by atoms with Gasteiger partial charge in [0.1, 0.15) is 0 Å². The molecule has 0 bridgehead atoms. The molecule has 2 N–H and O–H groups in total. The van der Waals surface area contributed by atoms with E-state index in [2.05, 4.69) is 50.7 Å². The van der Waals surface area contributed by atoms with Crippen molar-refractivity contribution in [2.24, 2.45) is 10.9 Å². The Kier molecular flexibility index (Phi) is 9.70. The number of halogens is 2. The molecule has 0 aromatic heterocycles. The second-order valence-electron chi connectivity index (χ2n) is 8.96. The van der Waals surface area contributed by atoms with Crippen molar-refractivity contribution in [2.75, 3.05) is 53.4 Å². The maximum Gasteiger partial charge on any atom is 0.191 e. The van der Waals surface area contributed by atoms with Crippen LogP contribution in [0.5, 0.6) is 0 Å². The predicted molar refractivity (Wildman–Crippen MR) is 139 cm³/mol.